The maximum atomic E-state index is 16.5. The van der Waals surface area contributed by atoms with Gasteiger partial charge in [0.1, 0.15) is 6.61 Å². The average Bonchev–Trinajstić information content (AvgIpc) is 3.70. The highest BCUT2D eigenvalue weighted by Gasteiger charge is 2.67. The van der Waals surface area contributed by atoms with Crippen molar-refractivity contribution in [3.8, 4) is 0 Å². The van der Waals surface area contributed by atoms with Gasteiger partial charge in [-0.15, -0.1) is 0 Å². The molecule has 258 valence electrons. The number of ether oxygens (including phenoxy) is 3. The van der Waals surface area contributed by atoms with E-state index in [2.05, 4.69) is 0 Å². The molecule has 13 heteroatoms. The van der Waals surface area contributed by atoms with E-state index in [1.165, 1.54) is 12.0 Å². The van der Waals surface area contributed by atoms with E-state index in [1.807, 2.05) is 31.2 Å². The minimum absolute atomic E-state index is 0.143. The molecule has 2 aromatic carbocycles. The number of nitrogens with zero attached hydrogens (tertiary/aromatic N) is 3. The molecule has 48 heavy (non-hydrogen) atoms. The Kier molecular flexibility index (Phi) is 9.40. The third kappa shape index (κ3) is 5.89. The molecular formula is C35H44FN3O8Si. The molecule has 4 aliphatic rings. The van der Waals surface area contributed by atoms with E-state index in [0.29, 0.717) is 55.8 Å². The first-order valence-electron chi connectivity index (χ1n) is 16.7. The maximum Gasteiger partial charge on any atom is 0.414 e. The number of benzene rings is 2. The van der Waals surface area contributed by atoms with Gasteiger partial charge in [0.15, 0.2) is 5.60 Å². The summed E-state index contributed by atoms with van der Waals surface area (Å²) in [6.07, 6.45) is 0.204. The molecule has 2 saturated heterocycles. The number of cyclic esters (lactones) is 1. The quantitative estimate of drug-likeness (QED) is 0.169. The van der Waals surface area contributed by atoms with Crippen molar-refractivity contribution < 1.29 is 42.6 Å². The number of fused-ring (bicyclic) bond motifs is 3. The lowest BCUT2D eigenvalue weighted by Gasteiger charge is -2.37. The van der Waals surface area contributed by atoms with Gasteiger partial charge in [0, 0.05) is 42.2 Å². The van der Waals surface area contributed by atoms with Crippen LogP contribution in [0.2, 0.25) is 18.6 Å². The molecule has 11 nitrogen and oxygen atoms in total. The number of aliphatic hydroxyl groups excluding tert-OH is 1. The Bertz CT molecular complexity index is 1600. The van der Waals surface area contributed by atoms with Crippen molar-refractivity contribution in [2.24, 2.45) is 5.92 Å². The summed E-state index contributed by atoms with van der Waals surface area (Å²) in [6, 6.07) is 12.7. The number of anilines is 2. The monoisotopic (exact) mass is 681 g/mol. The number of methoxy groups -OCH3 is 1. The topological polar surface area (TPSA) is 126 Å². The Morgan fingerprint density at radius 1 is 1.12 bits per heavy atom. The van der Waals surface area contributed by atoms with Crippen LogP contribution in [0.25, 0.3) is 0 Å². The van der Waals surface area contributed by atoms with E-state index in [4.69, 9.17) is 14.2 Å². The molecule has 0 radical (unpaired) electrons. The number of esters is 1. The number of carbonyl (C=O) groups excluding carboxylic acids is 4. The van der Waals surface area contributed by atoms with Crippen molar-refractivity contribution in [2.75, 3.05) is 43.2 Å². The minimum atomic E-state index is -3.57. The van der Waals surface area contributed by atoms with Gasteiger partial charge in [-0.2, -0.15) is 0 Å². The molecule has 2 aromatic rings. The summed E-state index contributed by atoms with van der Waals surface area (Å²) in [7, 11) is -2.23. The van der Waals surface area contributed by atoms with Crippen LogP contribution in [0.15, 0.2) is 42.5 Å². The van der Waals surface area contributed by atoms with Crippen molar-refractivity contribution in [1.29, 1.82) is 0 Å². The molecule has 4 aliphatic heterocycles. The van der Waals surface area contributed by atoms with E-state index in [9.17, 15) is 24.3 Å². The molecule has 3 amide bonds. The van der Waals surface area contributed by atoms with Crippen LogP contribution >= 0.6 is 0 Å². The molecular weight excluding hydrogens is 637 g/mol. The van der Waals surface area contributed by atoms with E-state index in [-0.39, 0.29) is 43.8 Å². The highest BCUT2D eigenvalue weighted by Crippen LogP contribution is 2.60. The Morgan fingerprint density at radius 2 is 1.88 bits per heavy atom. The maximum absolute atomic E-state index is 16.5. The van der Waals surface area contributed by atoms with Crippen molar-refractivity contribution >= 4 is 43.7 Å². The second-order valence-corrected chi connectivity index (χ2v) is 17.6. The Labute approximate surface area is 281 Å². The predicted octanol–water partition coefficient (Wildman–Crippen LogP) is 4.44. The molecule has 4 heterocycles. The Balaban J connectivity index is 1.35. The van der Waals surface area contributed by atoms with Crippen molar-refractivity contribution in [2.45, 2.75) is 82.0 Å². The van der Waals surface area contributed by atoms with Gasteiger partial charge in [0.2, 0.25) is 14.3 Å². The van der Waals surface area contributed by atoms with Crippen LogP contribution in [0.1, 0.15) is 49.3 Å². The molecule has 6 rings (SSSR count). The number of unbranched alkanes of at least 4 members (excludes halogenated alkanes) is 1. The zero-order valence-electron chi connectivity index (χ0n) is 27.9. The largest absolute Gasteiger partial charge is 0.469 e. The van der Waals surface area contributed by atoms with E-state index in [0.717, 1.165) is 11.1 Å². The lowest BCUT2D eigenvalue weighted by atomic mass is 9.82. The second-order valence-electron chi connectivity index (χ2n) is 13.8. The summed E-state index contributed by atoms with van der Waals surface area (Å²) in [5.41, 5.74) is 1.45. The van der Waals surface area contributed by atoms with Crippen molar-refractivity contribution in [1.82, 2.24) is 4.90 Å². The fourth-order valence-electron chi connectivity index (χ4n) is 8.23. The van der Waals surface area contributed by atoms with Gasteiger partial charge in [-0.3, -0.25) is 19.3 Å². The normalized spacial score (nSPS) is 26.6. The van der Waals surface area contributed by atoms with E-state index < -0.39 is 43.7 Å². The lowest BCUT2D eigenvalue weighted by Crippen LogP contribution is -2.48. The molecule has 0 unspecified atom stereocenters. The molecule has 0 aliphatic carbocycles. The zero-order valence-corrected chi connectivity index (χ0v) is 28.9. The molecule has 0 aromatic heterocycles. The number of hydrogen-bond donors (Lipinski definition) is 1. The molecule has 1 N–H and O–H groups in total. The third-order valence-electron chi connectivity index (χ3n) is 10.5. The predicted molar refractivity (Wildman–Crippen MR) is 178 cm³/mol. The van der Waals surface area contributed by atoms with Gasteiger partial charge in [-0.25, -0.2) is 4.79 Å². The summed E-state index contributed by atoms with van der Waals surface area (Å²) in [4.78, 5) is 57.8. The van der Waals surface area contributed by atoms with Crippen molar-refractivity contribution in [3.63, 3.8) is 0 Å². The van der Waals surface area contributed by atoms with Crippen LogP contribution in [-0.2, 0) is 47.2 Å². The van der Waals surface area contributed by atoms with Crippen LogP contribution < -0.4 is 9.80 Å². The third-order valence-corrected chi connectivity index (χ3v) is 13.0. The molecule has 5 atom stereocenters. The van der Waals surface area contributed by atoms with Gasteiger partial charge in [-0.1, -0.05) is 31.2 Å². The highest BCUT2D eigenvalue weighted by atomic mass is 28.4. The first kappa shape index (κ1) is 34.1. The smallest absolute Gasteiger partial charge is 0.414 e. The van der Waals surface area contributed by atoms with Gasteiger partial charge < -0.3 is 33.2 Å². The Morgan fingerprint density at radius 3 is 2.54 bits per heavy atom. The zero-order chi connectivity index (χ0) is 34.4. The van der Waals surface area contributed by atoms with Crippen LogP contribution in [-0.4, -0.2) is 87.8 Å². The van der Waals surface area contributed by atoms with E-state index in [1.54, 1.807) is 41.1 Å². The number of amides is 3. The van der Waals surface area contributed by atoms with E-state index >= 15 is 4.11 Å². The second kappa shape index (κ2) is 13.2. The van der Waals surface area contributed by atoms with Gasteiger partial charge >= 0.3 is 12.1 Å². The first-order chi connectivity index (χ1) is 22.9. The fourth-order valence-corrected chi connectivity index (χ4v) is 10.7. The number of carbonyl (C=O) groups is 4. The SMILES string of the molecule is COC(=O)CCCCN1C(=O)[C@]2(O[C@H](CC(=O)N3Cc4ccccc4C[C@H]3CO)[C@@H]([Si](C)(C)F)[C@@H]2C)c2cc(N3CCOC3=O)ccc21. The molecule has 0 bridgehead atoms. The van der Waals surface area contributed by atoms with Gasteiger partial charge in [-0.05, 0) is 61.7 Å². The number of hydrogen-bond acceptors (Lipinski definition) is 8. The fraction of sp³-hybridized carbons (Fsp3) is 0.543. The summed E-state index contributed by atoms with van der Waals surface area (Å²) in [5, 5.41) is 10.2. The Hall–Kier alpha value is -3.81. The average molecular weight is 682 g/mol. The van der Waals surface area contributed by atoms with Crippen LogP contribution in [0, 0.1) is 5.92 Å². The summed E-state index contributed by atoms with van der Waals surface area (Å²) in [6.45, 7) is 6.00. The lowest BCUT2D eigenvalue weighted by molar-refractivity contribution is -0.151. The van der Waals surface area contributed by atoms with Crippen molar-refractivity contribution in [3.05, 3.63) is 59.2 Å². The van der Waals surface area contributed by atoms with Gasteiger partial charge in [0.05, 0.1) is 44.5 Å². The first-order valence-corrected chi connectivity index (χ1v) is 19.7. The van der Waals surface area contributed by atoms with Gasteiger partial charge in [0.25, 0.3) is 5.91 Å². The van der Waals surface area contributed by atoms with Crippen LogP contribution in [0.3, 0.4) is 0 Å². The number of halogens is 1. The summed E-state index contributed by atoms with van der Waals surface area (Å²) >= 11 is 0. The highest BCUT2D eigenvalue weighted by molar-refractivity contribution is 6.72. The molecule has 0 saturated carbocycles. The van der Waals surface area contributed by atoms with Crippen LogP contribution in [0.4, 0.5) is 20.3 Å². The summed E-state index contributed by atoms with van der Waals surface area (Å²) < 4.78 is 33.2. The molecule has 1 spiro atoms. The van der Waals surface area contributed by atoms with Crippen LogP contribution in [0.5, 0.6) is 0 Å². The number of rotatable bonds is 10. The number of aliphatic hydroxyl groups is 1. The minimum Gasteiger partial charge on any atom is -0.469 e. The standard InChI is InChI=1S/C35H44FN3O8Si/c1-22-32(48(3,4)36)29(19-30(41)39-20-24-10-6-5-9-23(24)17-26(39)21-40)47-35(22)27-18-25(37-15-16-46-34(37)44)12-13-28(27)38(33(35)43)14-8-7-11-31(42)45-2/h5-6,9-10,12-13,18,22,26,29,32,40H,7-8,11,14-17,19-21H2,1-4H3/t22-,26-,29+,32-,35+/m0/s1. The summed E-state index contributed by atoms with van der Waals surface area (Å²) in [5.74, 6) is -1.58. The molecule has 2 fully saturated rings.